The molecule has 5 heteroatoms. The molecule has 1 unspecified atom stereocenters. The Kier molecular flexibility index (Phi) is 7.23. The van der Waals surface area contributed by atoms with Crippen LogP contribution in [-0.2, 0) is 14.3 Å². The van der Waals surface area contributed by atoms with E-state index in [1.54, 1.807) is 7.11 Å². The minimum atomic E-state index is -0.241. The van der Waals surface area contributed by atoms with E-state index in [9.17, 15) is 4.79 Å². The minimum Gasteiger partial charge on any atom is -0.382 e. The Bertz CT molecular complexity index is 240. The Balaban J connectivity index is 2.05. The van der Waals surface area contributed by atoms with E-state index in [2.05, 4.69) is 10.6 Å². The van der Waals surface area contributed by atoms with Crippen LogP contribution >= 0.6 is 0 Å². The Morgan fingerprint density at radius 3 is 2.89 bits per heavy atom. The van der Waals surface area contributed by atoms with Crippen LogP contribution in [-0.4, -0.2) is 52.5 Å². The smallest absolute Gasteiger partial charge is 0.227 e. The summed E-state index contributed by atoms with van der Waals surface area (Å²) in [7, 11) is 1.66. The molecule has 0 bridgehead atoms. The van der Waals surface area contributed by atoms with Crippen molar-refractivity contribution in [3.63, 3.8) is 0 Å². The largest absolute Gasteiger partial charge is 0.382 e. The lowest BCUT2D eigenvalue weighted by Crippen LogP contribution is -2.48. The highest BCUT2D eigenvalue weighted by Gasteiger charge is 2.34. The lowest BCUT2D eigenvalue weighted by molar-refractivity contribution is -0.131. The molecule has 5 nitrogen and oxygen atoms in total. The molecule has 18 heavy (non-hydrogen) atoms. The number of carbonyl (C=O) groups excluding carboxylic acids is 1. The van der Waals surface area contributed by atoms with Gasteiger partial charge in [0.1, 0.15) is 0 Å². The van der Waals surface area contributed by atoms with Gasteiger partial charge in [0, 0.05) is 26.8 Å². The minimum absolute atomic E-state index is 0.159. The van der Waals surface area contributed by atoms with Crippen molar-refractivity contribution in [2.75, 3.05) is 46.6 Å². The van der Waals surface area contributed by atoms with Gasteiger partial charge in [-0.25, -0.2) is 0 Å². The van der Waals surface area contributed by atoms with Gasteiger partial charge in [0.05, 0.1) is 18.6 Å². The predicted octanol–water partition coefficient (Wildman–Crippen LogP) is 0.545. The van der Waals surface area contributed by atoms with Crippen LogP contribution in [0, 0.1) is 5.41 Å². The van der Waals surface area contributed by atoms with E-state index < -0.39 is 0 Å². The van der Waals surface area contributed by atoms with Gasteiger partial charge >= 0.3 is 0 Å². The first-order valence-electron chi connectivity index (χ1n) is 6.75. The maximum atomic E-state index is 12.0. The summed E-state index contributed by atoms with van der Waals surface area (Å²) in [5.41, 5.74) is -0.241. The summed E-state index contributed by atoms with van der Waals surface area (Å²) in [5.74, 6) is 0.159. The van der Waals surface area contributed by atoms with Gasteiger partial charge in [-0.15, -0.1) is 0 Å². The van der Waals surface area contributed by atoms with Crippen molar-refractivity contribution in [2.45, 2.75) is 26.2 Å². The normalized spacial score (nSPS) is 23.9. The van der Waals surface area contributed by atoms with E-state index >= 15 is 0 Å². The summed E-state index contributed by atoms with van der Waals surface area (Å²) in [5, 5.41) is 6.28. The van der Waals surface area contributed by atoms with E-state index in [-0.39, 0.29) is 11.3 Å². The van der Waals surface area contributed by atoms with Crippen LogP contribution in [0.2, 0.25) is 0 Å². The number of amides is 1. The average Bonchev–Trinajstić information content (AvgIpc) is 2.38. The fraction of sp³-hybridized carbons (Fsp3) is 0.923. The van der Waals surface area contributed by atoms with Gasteiger partial charge in [-0.05, 0) is 32.7 Å². The van der Waals surface area contributed by atoms with Gasteiger partial charge in [0.15, 0.2) is 0 Å². The maximum absolute atomic E-state index is 12.0. The number of methoxy groups -OCH3 is 1. The second kappa shape index (κ2) is 8.45. The molecule has 1 atom stereocenters. The molecule has 1 amide bonds. The molecule has 1 rings (SSSR count). The highest BCUT2D eigenvalue weighted by molar-refractivity contribution is 5.82. The van der Waals surface area contributed by atoms with Crippen LogP contribution in [0.4, 0.5) is 0 Å². The third-order valence-corrected chi connectivity index (χ3v) is 3.33. The lowest BCUT2D eigenvalue weighted by Gasteiger charge is -2.32. The number of hydrogen-bond acceptors (Lipinski definition) is 4. The summed E-state index contributed by atoms with van der Waals surface area (Å²) in [4.78, 5) is 12.0. The zero-order valence-corrected chi connectivity index (χ0v) is 11.6. The van der Waals surface area contributed by atoms with E-state index in [1.807, 2.05) is 6.92 Å². The molecule has 1 heterocycles. The summed E-state index contributed by atoms with van der Waals surface area (Å²) in [6.07, 6.45) is 2.89. The summed E-state index contributed by atoms with van der Waals surface area (Å²) >= 11 is 0. The van der Waals surface area contributed by atoms with Crippen molar-refractivity contribution in [3.8, 4) is 0 Å². The first kappa shape index (κ1) is 15.4. The molecule has 2 N–H and O–H groups in total. The summed E-state index contributed by atoms with van der Waals surface area (Å²) < 4.78 is 10.2. The average molecular weight is 258 g/mol. The molecule has 0 aromatic carbocycles. The molecule has 0 spiro atoms. The van der Waals surface area contributed by atoms with Crippen LogP contribution in [0.1, 0.15) is 26.2 Å². The molecule has 0 aromatic rings. The highest BCUT2D eigenvalue weighted by atomic mass is 16.5. The Labute approximate surface area is 110 Å². The number of rotatable bonds is 8. The van der Waals surface area contributed by atoms with E-state index in [4.69, 9.17) is 9.47 Å². The molecule has 1 fully saturated rings. The van der Waals surface area contributed by atoms with Gasteiger partial charge in [-0.1, -0.05) is 0 Å². The molecule has 1 saturated heterocycles. The van der Waals surface area contributed by atoms with Crippen LogP contribution in [0.3, 0.4) is 0 Å². The lowest BCUT2D eigenvalue weighted by atomic mass is 9.82. The second-order valence-electron chi connectivity index (χ2n) is 5.06. The molecule has 0 radical (unpaired) electrons. The topological polar surface area (TPSA) is 59.6 Å². The molecular formula is C13H26N2O3. The summed E-state index contributed by atoms with van der Waals surface area (Å²) in [6.45, 7) is 6.42. The maximum Gasteiger partial charge on any atom is 0.227 e. The molecule has 1 aliphatic heterocycles. The van der Waals surface area contributed by atoms with Gasteiger partial charge in [-0.3, -0.25) is 4.79 Å². The van der Waals surface area contributed by atoms with Gasteiger partial charge in [0.25, 0.3) is 0 Å². The van der Waals surface area contributed by atoms with Crippen LogP contribution in [0.25, 0.3) is 0 Å². The molecular weight excluding hydrogens is 232 g/mol. The van der Waals surface area contributed by atoms with Crippen molar-refractivity contribution in [1.29, 1.82) is 0 Å². The number of ether oxygens (including phenoxy) is 2. The fourth-order valence-electron chi connectivity index (χ4n) is 2.08. The van der Waals surface area contributed by atoms with Crippen LogP contribution < -0.4 is 10.6 Å². The van der Waals surface area contributed by atoms with Gasteiger partial charge in [0.2, 0.25) is 5.91 Å². The third kappa shape index (κ3) is 5.33. The molecule has 106 valence electrons. The Morgan fingerprint density at radius 2 is 2.22 bits per heavy atom. The van der Waals surface area contributed by atoms with Crippen molar-refractivity contribution in [1.82, 2.24) is 10.6 Å². The number of carbonyl (C=O) groups is 1. The third-order valence-electron chi connectivity index (χ3n) is 3.33. The van der Waals surface area contributed by atoms with Gasteiger partial charge in [-0.2, -0.15) is 0 Å². The fourth-order valence-corrected chi connectivity index (χ4v) is 2.08. The van der Waals surface area contributed by atoms with Crippen LogP contribution in [0.5, 0.6) is 0 Å². The Morgan fingerprint density at radius 1 is 1.39 bits per heavy atom. The SMILES string of the molecule is COCCOCCCNC(=O)C1(C)CCCNC1. The number of hydrogen-bond donors (Lipinski definition) is 2. The van der Waals surface area contributed by atoms with Crippen LogP contribution in [0.15, 0.2) is 0 Å². The standard InChI is InChI=1S/C13H26N2O3/c1-13(5-3-6-14-11-13)12(16)15-7-4-8-18-10-9-17-2/h14H,3-11H2,1-2H3,(H,15,16). The predicted molar refractivity (Wildman–Crippen MR) is 70.5 cm³/mol. The quantitative estimate of drug-likeness (QED) is 0.624. The first-order chi connectivity index (χ1) is 8.69. The number of nitrogens with one attached hydrogen (secondary N) is 2. The first-order valence-corrected chi connectivity index (χ1v) is 6.75. The van der Waals surface area contributed by atoms with Crippen molar-refractivity contribution < 1.29 is 14.3 Å². The van der Waals surface area contributed by atoms with E-state index in [0.29, 0.717) is 26.4 Å². The van der Waals surface area contributed by atoms with Gasteiger partial charge < -0.3 is 20.1 Å². The Hall–Kier alpha value is -0.650. The molecule has 0 aliphatic carbocycles. The molecule has 1 aliphatic rings. The van der Waals surface area contributed by atoms with Crippen molar-refractivity contribution in [2.24, 2.45) is 5.41 Å². The molecule has 0 aromatic heterocycles. The zero-order valence-electron chi connectivity index (χ0n) is 11.6. The molecule has 0 saturated carbocycles. The number of piperidine rings is 1. The summed E-state index contributed by atoms with van der Waals surface area (Å²) in [6, 6.07) is 0. The van der Waals surface area contributed by atoms with Crippen molar-refractivity contribution in [3.05, 3.63) is 0 Å². The van der Waals surface area contributed by atoms with Crippen molar-refractivity contribution >= 4 is 5.91 Å². The zero-order chi connectivity index (χ0) is 13.3. The van der Waals surface area contributed by atoms with E-state index in [0.717, 1.165) is 32.4 Å². The second-order valence-corrected chi connectivity index (χ2v) is 5.06. The highest BCUT2D eigenvalue weighted by Crippen LogP contribution is 2.25. The monoisotopic (exact) mass is 258 g/mol. The van der Waals surface area contributed by atoms with E-state index in [1.165, 1.54) is 0 Å².